The van der Waals surface area contributed by atoms with E-state index in [0.717, 1.165) is 25.9 Å². The third-order valence-corrected chi connectivity index (χ3v) is 2.06. The first-order valence-electron chi connectivity index (χ1n) is 5.08. The highest BCUT2D eigenvalue weighted by molar-refractivity contribution is 5.73. The maximum absolute atomic E-state index is 10.4. The van der Waals surface area contributed by atoms with E-state index in [0.29, 0.717) is 6.42 Å². The zero-order chi connectivity index (χ0) is 11.0. The van der Waals surface area contributed by atoms with Crippen LogP contribution in [0.2, 0.25) is 0 Å². The summed E-state index contributed by atoms with van der Waals surface area (Å²) in [5, 5.41) is 12.2. The van der Waals surface area contributed by atoms with Crippen molar-refractivity contribution in [2.45, 2.75) is 33.1 Å². The van der Waals surface area contributed by atoms with Gasteiger partial charge in [0.1, 0.15) is 0 Å². The number of carbonyl (C=O) groups is 1. The number of amides is 1. The molecule has 4 nitrogen and oxygen atoms in total. The van der Waals surface area contributed by atoms with Crippen molar-refractivity contribution in [2.24, 2.45) is 11.1 Å². The number of unbranched alkanes of at least 4 members (excludes halogenated alkanes) is 1. The Morgan fingerprint density at radius 1 is 1.43 bits per heavy atom. The van der Waals surface area contributed by atoms with E-state index in [1.54, 1.807) is 0 Å². The predicted octanol–water partition coefficient (Wildman–Crippen LogP) is 0.250. The van der Waals surface area contributed by atoms with Crippen LogP contribution in [0.3, 0.4) is 0 Å². The molecule has 0 aromatic heterocycles. The average molecular weight is 202 g/mol. The van der Waals surface area contributed by atoms with E-state index in [-0.39, 0.29) is 17.9 Å². The second-order valence-corrected chi connectivity index (χ2v) is 4.42. The molecule has 0 aliphatic rings. The normalized spacial score (nSPS) is 11.6. The molecule has 1 amide bonds. The van der Waals surface area contributed by atoms with Crippen LogP contribution in [0.15, 0.2) is 0 Å². The Labute approximate surface area is 85.9 Å². The maximum Gasteiger partial charge on any atom is 0.217 e. The predicted molar refractivity (Wildman–Crippen MR) is 56.8 cm³/mol. The Bertz CT molecular complexity index is 170. The van der Waals surface area contributed by atoms with Gasteiger partial charge in [0.15, 0.2) is 0 Å². The molecule has 0 unspecified atom stereocenters. The summed E-state index contributed by atoms with van der Waals surface area (Å²) in [5.74, 6) is -0.235. The highest BCUT2D eigenvalue weighted by atomic mass is 16.3. The highest BCUT2D eigenvalue weighted by Gasteiger charge is 2.14. The number of rotatable bonds is 8. The molecule has 0 heterocycles. The lowest BCUT2D eigenvalue weighted by molar-refractivity contribution is -0.118. The summed E-state index contributed by atoms with van der Waals surface area (Å²) in [7, 11) is 0. The number of hydrogen-bond donors (Lipinski definition) is 3. The van der Waals surface area contributed by atoms with Crippen molar-refractivity contribution in [3.05, 3.63) is 0 Å². The van der Waals surface area contributed by atoms with Gasteiger partial charge < -0.3 is 16.2 Å². The van der Waals surface area contributed by atoms with Crippen molar-refractivity contribution in [3.8, 4) is 0 Å². The number of nitrogens with one attached hydrogen (secondary N) is 1. The number of aliphatic hydroxyl groups excluding tert-OH is 1. The molecule has 14 heavy (non-hydrogen) atoms. The molecular formula is C10H22N2O2. The van der Waals surface area contributed by atoms with Gasteiger partial charge in [-0.05, 0) is 19.4 Å². The Morgan fingerprint density at radius 2 is 2.07 bits per heavy atom. The molecule has 0 aromatic rings. The highest BCUT2D eigenvalue weighted by Crippen LogP contribution is 2.10. The summed E-state index contributed by atoms with van der Waals surface area (Å²) in [5.41, 5.74) is 4.94. The molecular weight excluding hydrogens is 180 g/mol. The summed E-state index contributed by atoms with van der Waals surface area (Å²) in [4.78, 5) is 10.4. The second-order valence-electron chi connectivity index (χ2n) is 4.42. The zero-order valence-electron chi connectivity index (χ0n) is 9.18. The van der Waals surface area contributed by atoms with Crippen LogP contribution in [-0.2, 0) is 4.79 Å². The van der Waals surface area contributed by atoms with Gasteiger partial charge in [0, 0.05) is 25.0 Å². The molecule has 84 valence electrons. The van der Waals surface area contributed by atoms with Gasteiger partial charge >= 0.3 is 0 Å². The van der Waals surface area contributed by atoms with Crippen molar-refractivity contribution in [3.63, 3.8) is 0 Å². The van der Waals surface area contributed by atoms with E-state index in [9.17, 15) is 4.79 Å². The summed E-state index contributed by atoms with van der Waals surface area (Å²) in [6.45, 7) is 5.85. The number of carbonyl (C=O) groups excluding carboxylic acids is 1. The number of primary amides is 1. The van der Waals surface area contributed by atoms with Crippen LogP contribution in [0.4, 0.5) is 0 Å². The van der Waals surface area contributed by atoms with Gasteiger partial charge in [-0.3, -0.25) is 4.79 Å². The molecule has 0 radical (unpaired) electrons. The van der Waals surface area contributed by atoms with Crippen molar-refractivity contribution in [1.82, 2.24) is 5.32 Å². The first-order valence-corrected chi connectivity index (χ1v) is 5.08. The maximum atomic E-state index is 10.4. The summed E-state index contributed by atoms with van der Waals surface area (Å²) in [6.07, 6.45) is 2.25. The molecule has 0 rings (SSSR count). The van der Waals surface area contributed by atoms with Crippen molar-refractivity contribution >= 4 is 5.91 Å². The Kier molecular flexibility index (Phi) is 6.49. The van der Waals surface area contributed by atoms with Gasteiger partial charge in [-0.1, -0.05) is 13.8 Å². The first-order chi connectivity index (χ1) is 6.48. The van der Waals surface area contributed by atoms with Gasteiger partial charge in [-0.2, -0.15) is 0 Å². The van der Waals surface area contributed by atoms with E-state index >= 15 is 0 Å². The van der Waals surface area contributed by atoms with E-state index in [2.05, 4.69) is 5.32 Å². The topological polar surface area (TPSA) is 75.3 Å². The minimum absolute atomic E-state index is 0.0658. The molecule has 0 fully saturated rings. The van der Waals surface area contributed by atoms with Crippen LogP contribution in [0, 0.1) is 5.41 Å². The van der Waals surface area contributed by atoms with Gasteiger partial charge in [0.2, 0.25) is 5.91 Å². The lowest BCUT2D eigenvalue weighted by Crippen LogP contribution is -2.32. The summed E-state index contributed by atoms with van der Waals surface area (Å²) in [6, 6.07) is 0. The fourth-order valence-electron chi connectivity index (χ4n) is 1.03. The van der Waals surface area contributed by atoms with Crippen LogP contribution in [-0.4, -0.2) is 30.7 Å². The largest absolute Gasteiger partial charge is 0.396 e. The van der Waals surface area contributed by atoms with Gasteiger partial charge in [-0.15, -0.1) is 0 Å². The van der Waals surface area contributed by atoms with Crippen LogP contribution >= 0.6 is 0 Å². The van der Waals surface area contributed by atoms with Crippen molar-refractivity contribution in [2.75, 3.05) is 19.7 Å². The number of hydrogen-bond acceptors (Lipinski definition) is 3. The van der Waals surface area contributed by atoms with Gasteiger partial charge in [0.05, 0.1) is 0 Å². The molecule has 4 N–H and O–H groups in total. The minimum Gasteiger partial charge on any atom is -0.396 e. The molecule has 0 saturated carbocycles. The van der Waals surface area contributed by atoms with Crippen LogP contribution in [0.1, 0.15) is 33.1 Å². The van der Waals surface area contributed by atoms with Gasteiger partial charge in [0.25, 0.3) is 0 Å². The van der Waals surface area contributed by atoms with Crippen molar-refractivity contribution < 1.29 is 9.90 Å². The fraction of sp³-hybridized carbons (Fsp3) is 0.900. The third-order valence-electron chi connectivity index (χ3n) is 2.06. The van der Waals surface area contributed by atoms with Crippen LogP contribution in [0.5, 0.6) is 0 Å². The van der Waals surface area contributed by atoms with Crippen molar-refractivity contribution in [1.29, 1.82) is 0 Å². The standard InChI is InChI=1S/C10H22N2O2/c1-10(2,8-13)7-12-6-4-3-5-9(11)14/h12-13H,3-8H2,1-2H3,(H2,11,14). The fourth-order valence-corrected chi connectivity index (χ4v) is 1.03. The Hall–Kier alpha value is -0.610. The first kappa shape index (κ1) is 13.4. The Balaban J connectivity index is 3.25. The molecule has 4 heteroatoms. The zero-order valence-corrected chi connectivity index (χ0v) is 9.18. The summed E-state index contributed by atoms with van der Waals surface area (Å²) >= 11 is 0. The number of aliphatic hydroxyl groups is 1. The molecule has 0 aliphatic heterocycles. The summed E-state index contributed by atoms with van der Waals surface area (Å²) < 4.78 is 0. The molecule has 0 atom stereocenters. The monoisotopic (exact) mass is 202 g/mol. The molecule has 0 spiro atoms. The van der Waals surface area contributed by atoms with E-state index in [1.165, 1.54) is 0 Å². The Morgan fingerprint density at radius 3 is 2.57 bits per heavy atom. The number of nitrogens with two attached hydrogens (primary N) is 1. The SMILES string of the molecule is CC(C)(CO)CNCCCCC(N)=O. The minimum atomic E-state index is -0.235. The smallest absolute Gasteiger partial charge is 0.217 e. The molecule has 0 bridgehead atoms. The van der Waals surface area contributed by atoms with E-state index in [4.69, 9.17) is 10.8 Å². The third kappa shape index (κ3) is 8.01. The quantitative estimate of drug-likeness (QED) is 0.494. The van der Waals surface area contributed by atoms with Gasteiger partial charge in [-0.25, -0.2) is 0 Å². The second kappa shape index (κ2) is 6.79. The van der Waals surface area contributed by atoms with Crippen LogP contribution < -0.4 is 11.1 Å². The molecule has 0 aliphatic carbocycles. The lowest BCUT2D eigenvalue weighted by Gasteiger charge is -2.21. The lowest BCUT2D eigenvalue weighted by atomic mass is 9.95. The van der Waals surface area contributed by atoms with E-state index in [1.807, 2.05) is 13.8 Å². The van der Waals surface area contributed by atoms with E-state index < -0.39 is 0 Å². The van der Waals surface area contributed by atoms with Crippen LogP contribution in [0.25, 0.3) is 0 Å². The molecule has 0 aromatic carbocycles. The molecule has 0 saturated heterocycles. The average Bonchev–Trinajstić information content (AvgIpc) is 2.10.